The molecule has 1 amide bonds. The van der Waals surface area contributed by atoms with Gasteiger partial charge in [-0.25, -0.2) is 8.42 Å². The molecule has 0 aliphatic carbocycles. The highest BCUT2D eigenvalue weighted by Gasteiger charge is 2.25. The van der Waals surface area contributed by atoms with Crippen LogP contribution in [0, 0.1) is 0 Å². The Balaban J connectivity index is 1.64. The fourth-order valence-electron chi connectivity index (χ4n) is 3.88. The van der Waals surface area contributed by atoms with E-state index in [1.807, 2.05) is 18.2 Å². The Morgan fingerprint density at radius 2 is 1.55 bits per heavy atom. The molecule has 168 valence electrons. The van der Waals surface area contributed by atoms with Crippen LogP contribution < -0.4 is 5.32 Å². The first kappa shape index (κ1) is 23.4. The van der Waals surface area contributed by atoms with E-state index in [9.17, 15) is 13.2 Å². The molecule has 1 aliphatic heterocycles. The van der Waals surface area contributed by atoms with Crippen LogP contribution in [-0.2, 0) is 23.1 Å². The van der Waals surface area contributed by atoms with E-state index >= 15 is 0 Å². The Bertz CT molecular complexity index is 964. The second-order valence-corrected chi connectivity index (χ2v) is 9.84. The van der Waals surface area contributed by atoms with E-state index in [1.54, 1.807) is 16.4 Å². The lowest BCUT2D eigenvalue weighted by Crippen LogP contribution is -2.35. The van der Waals surface area contributed by atoms with Crippen LogP contribution in [0.3, 0.4) is 0 Å². The van der Waals surface area contributed by atoms with Crippen LogP contribution >= 0.6 is 0 Å². The van der Waals surface area contributed by atoms with Crippen molar-refractivity contribution in [2.24, 2.45) is 0 Å². The number of hydrogen-bond donors (Lipinski definition) is 1. The Morgan fingerprint density at radius 3 is 2.16 bits per heavy atom. The number of sulfonamides is 1. The van der Waals surface area contributed by atoms with E-state index in [1.165, 1.54) is 17.7 Å². The Kier molecular flexibility index (Phi) is 8.23. The third-order valence-electron chi connectivity index (χ3n) is 5.92. The molecule has 1 aliphatic rings. The zero-order valence-electron chi connectivity index (χ0n) is 18.5. The highest BCUT2D eigenvalue weighted by molar-refractivity contribution is 7.89. The quantitative estimate of drug-likeness (QED) is 0.643. The Labute approximate surface area is 186 Å². The van der Waals surface area contributed by atoms with Gasteiger partial charge in [-0.15, -0.1) is 0 Å². The number of carbonyl (C=O) groups excluding carboxylic acids is 1. The summed E-state index contributed by atoms with van der Waals surface area (Å²) in [5.41, 5.74) is 2.75. The summed E-state index contributed by atoms with van der Waals surface area (Å²) in [5.74, 6) is -0.209. The van der Waals surface area contributed by atoms with Gasteiger partial charge in [-0.1, -0.05) is 44.5 Å². The topological polar surface area (TPSA) is 69.7 Å². The molecular weight excluding hydrogens is 410 g/mol. The van der Waals surface area contributed by atoms with Crippen molar-refractivity contribution in [2.75, 3.05) is 26.2 Å². The first-order valence-electron chi connectivity index (χ1n) is 11.1. The van der Waals surface area contributed by atoms with Crippen molar-refractivity contribution < 1.29 is 13.2 Å². The van der Waals surface area contributed by atoms with Crippen LogP contribution in [0.15, 0.2) is 53.4 Å². The van der Waals surface area contributed by atoms with Gasteiger partial charge in [0.25, 0.3) is 5.91 Å². The molecule has 0 saturated carbocycles. The van der Waals surface area contributed by atoms with Gasteiger partial charge in [0.1, 0.15) is 0 Å². The lowest BCUT2D eigenvalue weighted by molar-refractivity contribution is 0.0950. The molecular formula is C24H33N3O3S. The summed E-state index contributed by atoms with van der Waals surface area (Å²) in [6.07, 6.45) is 2.87. The highest BCUT2D eigenvalue weighted by Crippen LogP contribution is 2.21. The minimum atomic E-state index is -3.49. The first-order valence-corrected chi connectivity index (χ1v) is 12.6. The molecule has 1 heterocycles. The third-order valence-corrected chi connectivity index (χ3v) is 7.83. The fraction of sp³-hybridized carbons (Fsp3) is 0.458. The van der Waals surface area contributed by atoms with Crippen molar-refractivity contribution in [1.29, 1.82) is 0 Å². The van der Waals surface area contributed by atoms with Crippen LogP contribution in [0.1, 0.15) is 54.6 Å². The SMILES string of the molecule is CCN(CC)Cc1ccccc1CNC(=O)c1ccc(S(=O)(=O)N2CCCCC2)cc1. The summed E-state index contributed by atoms with van der Waals surface area (Å²) in [4.78, 5) is 15.2. The molecule has 0 bridgehead atoms. The minimum absolute atomic E-state index is 0.209. The van der Waals surface area contributed by atoms with Crippen molar-refractivity contribution in [3.8, 4) is 0 Å². The predicted molar refractivity (Wildman–Crippen MR) is 123 cm³/mol. The molecule has 0 atom stereocenters. The third kappa shape index (κ3) is 5.93. The molecule has 1 saturated heterocycles. The van der Waals surface area contributed by atoms with Crippen LogP contribution in [0.2, 0.25) is 0 Å². The number of rotatable bonds is 9. The molecule has 3 rings (SSSR count). The molecule has 1 N–H and O–H groups in total. The maximum Gasteiger partial charge on any atom is 0.251 e. The van der Waals surface area contributed by atoms with Gasteiger partial charge >= 0.3 is 0 Å². The molecule has 0 radical (unpaired) electrons. The number of hydrogen-bond acceptors (Lipinski definition) is 4. The number of benzene rings is 2. The zero-order chi connectivity index (χ0) is 22.3. The van der Waals surface area contributed by atoms with Crippen molar-refractivity contribution >= 4 is 15.9 Å². The molecule has 31 heavy (non-hydrogen) atoms. The summed E-state index contributed by atoms with van der Waals surface area (Å²) >= 11 is 0. The molecule has 0 unspecified atom stereocenters. The van der Waals surface area contributed by atoms with E-state index < -0.39 is 10.0 Å². The van der Waals surface area contributed by atoms with Gasteiger partial charge in [0, 0.05) is 31.7 Å². The summed E-state index contributed by atoms with van der Waals surface area (Å²) in [5, 5.41) is 2.97. The van der Waals surface area contributed by atoms with Crippen molar-refractivity contribution in [3.05, 3.63) is 65.2 Å². The fourth-order valence-corrected chi connectivity index (χ4v) is 5.40. The van der Waals surface area contributed by atoms with Crippen LogP contribution in [0.4, 0.5) is 0 Å². The summed E-state index contributed by atoms with van der Waals surface area (Å²) < 4.78 is 27.1. The van der Waals surface area contributed by atoms with Crippen molar-refractivity contribution in [3.63, 3.8) is 0 Å². The minimum Gasteiger partial charge on any atom is -0.348 e. The second-order valence-electron chi connectivity index (χ2n) is 7.90. The van der Waals surface area contributed by atoms with E-state index in [4.69, 9.17) is 0 Å². The zero-order valence-corrected chi connectivity index (χ0v) is 19.3. The van der Waals surface area contributed by atoms with Gasteiger partial charge in [-0.2, -0.15) is 4.31 Å². The molecule has 7 heteroatoms. The lowest BCUT2D eigenvalue weighted by atomic mass is 10.1. The van der Waals surface area contributed by atoms with E-state index in [0.717, 1.165) is 44.5 Å². The van der Waals surface area contributed by atoms with Crippen LogP contribution in [0.25, 0.3) is 0 Å². The maximum absolute atomic E-state index is 12.8. The highest BCUT2D eigenvalue weighted by atomic mass is 32.2. The number of nitrogens with zero attached hydrogens (tertiary/aromatic N) is 2. The number of piperidine rings is 1. The van der Waals surface area contributed by atoms with Gasteiger partial charge in [-0.05, 0) is 61.3 Å². The molecule has 0 aromatic heterocycles. The van der Waals surface area contributed by atoms with Gasteiger partial charge in [0.15, 0.2) is 0 Å². The molecule has 1 fully saturated rings. The smallest absolute Gasteiger partial charge is 0.251 e. The van der Waals surface area contributed by atoms with E-state index in [2.05, 4.69) is 30.1 Å². The second kappa shape index (κ2) is 10.9. The standard InChI is InChI=1S/C24H33N3O3S/c1-3-26(4-2)19-22-11-7-6-10-21(22)18-25-24(28)20-12-14-23(15-13-20)31(29,30)27-16-8-5-9-17-27/h6-7,10-15H,3-5,8-9,16-19H2,1-2H3,(H,25,28). The summed E-state index contributed by atoms with van der Waals surface area (Å²) in [7, 11) is -3.49. The van der Waals surface area contributed by atoms with Crippen LogP contribution in [-0.4, -0.2) is 49.7 Å². The Morgan fingerprint density at radius 1 is 0.935 bits per heavy atom. The van der Waals surface area contributed by atoms with Crippen molar-refractivity contribution in [2.45, 2.75) is 51.1 Å². The van der Waals surface area contributed by atoms with Crippen LogP contribution in [0.5, 0.6) is 0 Å². The Hall–Kier alpha value is -2.22. The van der Waals surface area contributed by atoms with Gasteiger partial charge in [-0.3, -0.25) is 9.69 Å². The molecule has 2 aromatic carbocycles. The average Bonchev–Trinajstić information content (AvgIpc) is 2.82. The molecule has 2 aromatic rings. The maximum atomic E-state index is 12.8. The van der Waals surface area contributed by atoms with E-state index in [0.29, 0.717) is 25.2 Å². The molecule has 0 spiro atoms. The van der Waals surface area contributed by atoms with Gasteiger partial charge in [0.05, 0.1) is 4.90 Å². The van der Waals surface area contributed by atoms with Crippen molar-refractivity contribution in [1.82, 2.24) is 14.5 Å². The normalized spacial score (nSPS) is 15.2. The number of carbonyl (C=O) groups is 1. The van der Waals surface area contributed by atoms with Gasteiger partial charge in [0.2, 0.25) is 10.0 Å². The number of amides is 1. The van der Waals surface area contributed by atoms with E-state index in [-0.39, 0.29) is 10.8 Å². The summed E-state index contributed by atoms with van der Waals surface area (Å²) in [6.45, 7) is 8.65. The lowest BCUT2D eigenvalue weighted by Gasteiger charge is -2.25. The largest absolute Gasteiger partial charge is 0.348 e. The number of nitrogens with one attached hydrogen (secondary N) is 1. The average molecular weight is 444 g/mol. The first-order chi connectivity index (χ1) is 15.0. The van der Waals surface area contributed by atoms with Gasteiger partial charge < -0.3 is 5.32 Å². The summed E-state index contributed by atoms with van der Waals surface area (Å²) in [6, 6.07) is 14.4. The predicted octanol–water partition coefficient (Wildman–Crippen LogP) is 3.63. The molecule has 6 nitrogen and oxygen atoms in total. The monoisotopic (exact) mass is 443 g/mol.